The van der Waals surface area contributed by atoms with Gasteiger partial charge in [0.25, 0.3) is 5.56 Å². The largest absolute Gasteiger partial charge is 0.495 e. The second-order valence-electron chi connectivity index (χ2n) is 6.19. The summed E-state index contributed by atoms with van der Waals surface area (Å²) < 4.78 is 5.26. The minimum atomic E-state index is -0.178. The molecule has 1 unspecified atom stereocenters. The summed E-state index contributed by atoms with van der Waals surface area (Å²) in [4.78, 5) is 13.5. The van der Waals surface area contributed by atoms with Crippen LogP contribution >= 0.6 is 11.6 Å². The molecule has 0 spiro atoms. The van der Waals surface area contributed by atoms with E-state index in [-0.39, 0.29) is 5.56 Å². The number of aromatic nitrogens is 2. The fraction of sp³-hybridized carbons (Fsp3) is 0.444. The average molecular weight is 363 g/mol. The maximum absolute atomic E-state index is 11.2. The smallest absolute Gasteiger partial charge is 0.264 e. The van der Waals surface area contributed by atoms with Gasteiger partial charge < -0.3 is 15.0 Å². The molecular formula is C18H23ClN4O2. The van der Waals surface area contributed by atoms with Crippen molar-refractivity contribution in [3.8, 4) is 5.75 Å². The van der Waals surface area contributed by atoms with Gasteiger partial charge in [0.15, 0.2) is 0 Å². The Morgan fingerprint density at radius 3 is 3.00 bits per heavy atom. The normalized spacial score (nSPS) is 17.5. The lowest BCUT2D eigenvalue weighted by molar-refractivity contribution is 0.413. The summed E-state index contributed by atoms with van der Waals surface area (Å²) in [5.41, 5.74) is 0.841. The molecule has 1 fully saturated rings. The second-order valence-corrected chi connectivity index (χ2v) is 6.56. The van der Waals surface area contributed by atoms with E-state index in [2.05, 4.69) is 20.4 Å². The fourth-order valence-corrected chi connectivity index (χ4v) is 3.51. The first-order chi connectivity index (χ1) is 12.2. The quantitative estimate of drug-likeness (QED) is 0.826. The Bertz CT molecular complexity index is 744. The molecule has 0 amide bonds. The van der Waals surface area contributed by atoms with Gasteiger partial charge in [-0.25, -0.2) is 5.10 Å². The van der Waals surface area contributed by atoms with Crippen LogP contribution < -0.4 is 20.5 Å². The van der Waals surface area contributed by atoms with E-state index in [4.69, 9.17) is 16.3 Å². The number of aromatic amines is 1. The van der Waals surface area contributed by atoms with E-state index in [0.29, 0.717) is 23.4 Å². The van der Waals surface area contributed by atoms with Crippen molar-refractivity contribution in [1.29, 1.82) is 0 Å². The molecule has 134 valence electrons. The van der Waals surface area contributed by atoms with Crippen LogP contribution in [-0.4, -0.2) is 36.4 Å². The summed E-state index contributed by atoms with van der Waals surface area (Å²) >= 11 is 6.35. The predicted molar refractivity (Wildman–Crippen MR) is 99.6 cm³/mol. The van der Waals surface area contributed by atoms with Gasteiger partial charge in [0, 0.05) is 31.7 Å². The zero-order valence-electron chi connectivity index (χ0n) is 14.3. The van der Waals surface area contributed by atoms with Gasteiger partial charge in [0.05, 0.1) is 12.1 Å². The second kappa shape index (κ2) is 8.36. The summed E-state index contributed by atoms with van der Waals surface area (Å²) in [6.07, 6.45) is 3.44. The molecule has 6 nitrogen and oxygen atoms in total. The molecule has 1 atom stereocenters. The molecule has 1 aliphatic rings. The molecule has 2 N–H and O–H groups in total. The number of H-pyrrole nitrogens is 1. The standard InChI is InChI=1S/C18H23ClN4O2/c1-25-15-7-4-5-13(18(15)19)11-20-12-14-6-2-3-10-23(14)16-8-9-17(24)22-21-16/h4-5,7-9,14,20H,2-3,6,10-12H2,1H3,(H,22,24). The number of hydrogen-bond acceptors (Lipinski definition) is 5. The molecule has 0 saturated carbocycles. The molecule has 1 aromatic carbocycles. The minimum absolute atomic E-state index is 0.178. The van der Waals surface area contributed by atoms with Gasteiger partial charge in [-0.05, 0) is 37.0 Å². The van der Waals surface area contributed by atoms with Gasteiger partial charge in [-0.15, -0.1) is 0 Å². The highest BCUT2D eigenvalue weighted by Gasteiger charge is 2.23. The van der Waals surface area contributed by atoms with Crippen LogP contribution in [0.3, 0.4) is 0 Å². The SMILES string of the molecule is COc1cccc(CNCC2CCCCN2c2ccc(=O)[nH]n2)c1Cl. The number of nitrogens with one attached hydrogen (secondary N) is 2. The van der Waals surface area contributed by atoms with Gasteiger partial charge in [-0.2, -0.15) is 5.10 Å². The lowest BCUT2D eigenvalue weighted by Gasteiger charge is -2.36. The zero-order chi connectivity index (χ0) is 17.6. The lowest BCUT2D eigenvalue weighted by atomic mass is 10.0. The van der Waals surface area contributed by atoms with Crippen molar-refractivity contribution in [2.24, 2.45) is 0 Å². The molecule has 25 heavy (non-hydrogen) atoms. The highest BCUT2D eigenvalue weighted by atomic mass is 35.5. The molecule has 1 saturated heterocycles. The number of nitrogens with zero attached hydrogens (tertiary/aromatic N) is 2. The van der Waals surface area contributed by atoms with Crippen LogP contribution in [0.5, 0.6) is 5.75 Å². The molecule has 1 aliphatic heterocycles. The van der Waals surface area contributed by atoms with E-state index >= 15 is 0 Å². The van der Waals surface area contributed by atoms with Crippen molar-refractivity contribution in [2.75, 3.05) is 25.1 Å². The number of hydrogen-bond donors (Lipinski definition) is 2. The van der Waals surface area contributed by atoms with Gasteiger partial charge in [0.1, 0.15) is 11.6 Å². The van der Waals surface area contributed by atoms with Crippen molar-refractivity contribution in [2.45, 2.75) is 31.8 Å². The maximum Gasteiger partial charge on any atom is 0.264 e. The third-order valence-electron chi connectivity index (χ3n) is 4.54. The third-order valence-corrected chi connectivity index (χ3v) is 4.97. The molecule has 0 radical (unpaired) electrons. The van der Waals surface area contributed by atoms with Crippen LogP contribution in [0, 0.1) is 0 Å². The summed E-state index contributed by atoms with van der Waals surface area (Å²) in [7, 11) is 1.62. The highest BCUT2D eigenvalue weighted by Crippen LogP contribution is 2.28. The Morgan fingerprint density at radius 2 is 2.24 bits per heavy atom. The molecule has 0 bridgehead atoms. The molecule has 0 aliphatic carbocycles. The summed E-state index contributed by atoms with van der Waals surface area (Å²) in [6, 6.07) is 9.46. The van der Waals surface area contributed by atoms with E-state index in [1.807, 2.05) is 18.2 Å². The van der Waals surface area contributed by atoms with Gasteiger partial charge in [-0.3, -0.25) is 4.79 Å². The highest BCUT2D eigenvalue weighted by molar-refractivity contribution is 6.32. The average Bonchev–Trinajstić information content (AvgIpc) is 2.64. The number of benzene rings is 1. The topological polar surface area (TPSA) is 70.2 Å². The minimum Gasteiger partial charge on any atom is -0.495 e. The van der Waals surface area contributed by atoms with Crippen LogP contribution in [0.15, 0.2) is 35.1 Å². The Labute approximate surface area is 152 Å². The summed E-state index contributed by atoms with van der Waals surface area (Å²) in [5.74, 6) is 1.52. The van der Waals surface area contributed by atoms with Crippen LogP contribution in [0.4, 0.5) is 5.82 Å². The first-order valence-electron chi connectivity index (χ1n) is 8.53. The van der Waals surface area contributed by atoms with E-state index < -0.39 is 0 Å². The Balaban J connectivity index is 1.63. The van der Waals surface area contributed by atoms with Gasteiger partial charge in [-0.1, -0.05) is 23.7 Å². The van der Waals surface area contributed by atoms with Crippen molar-refractivity contribution in [3.63, 3.8) is 0 Å². The van der Waals surface area contributed by atoms with Crippen molar-refractivity contribution in [1.82, 2.24) is 15.5 Å². The Hall–Kier alpha value is -2.05. The van der Waals surface area contributed by atoms with Crippen LogP contribution in [0.25, 0.3) is 0 Å². The van der Waals surface area contributed by atoms with Crippen LogP contribution in [0.2, 0.25) is 5.02 Å². The first kappa shape index (κ1) is 17.8. The van der Waals surface area contributed by atoms with Crippen LogP contribution in [-0.2, 0) is 6.54 Å². The number of rotatable bonds is 6. The van der Waals surface area contributed by atoms with E-state index in [1.165, 1.54) is 12.5 Å². The molecule has 1 aromatic heterocycles. The monoisotopic (exact) mass is 362 g/mol. The number of halogens is 1. The Kier molecular flexibility index (Phi) is 5.94. The summed E-state index contributed by atoms with van der Waals surface area (Å²) in [5, 5.41) is 10.8. The maximum atomic E-state index is 11.2. The van der Waals surface area contributed by atoms with E-state index in [0.717, 1.165) is 37.3 Å². The molecule has 3 rings (SSSR count). The Morgan fingerprint density at radius 1 is 1.36 bits per heavy atom. The predicted octanol–water partition coefficient (Wildman–Crippen LogP) is 2.58. The zero-order valence-corrected chi connectivity index (χ0v) is 15.1. The number of anilines is 1. The van der Waals surface area contributed by atoms with Gasteiger partial charge >= 0.3 is 0 Å². The molecule has 7 heteroatoms. The first-order valence-corrected chi connectivity index (χ1v) is 8.91. The van der Waals surface area contributed by atoms with Crippen molar-refractivity contribution in [3.05, 3.63) is 51.3 Å². The number of piperidine rings is 1. The lowest BCUT2D eigenvalue weighted by Crippen LogP contribution is -2.46. The van der Waals surface area contributed by atoms with E-state index in [9.17, 15) is 4.79 Å². The molecule has 2 heterocycles. The molecule has 2 aromatic rings. The number of ether oxygens (including phenoxy) is 1. The van der Waals surface area contributed by atoms with Crippen LogP contribution in [0.1, 0.15) is 24.8 Å². The third kappa shape index (κ3) is 4.32. The van der Waals surface area contributed by atoms with Crippen molar-refractivity contribution >= 4 is 17.4 Å². The summed E-state index contributed by atoms with van der Waals surface area (Å²) in [6.45, 7) is 2.46. The van der Waals surface area contributed by atoms with Crippen molar-refractivity contribution < 1.29 is 4.74 Å². The molecular weight excluding hydrogens is 340 g/mol. The van der Waals surface area contributed by atoms with E-state index in [1.54, 1.807) is 13.2 Å². The number of methoxy groups -OCH3 is 1. The van der Waals surface area contributed by atoms with Gasteiger partial charge in [0.2, 0.25) is 0 Å². The fourth-order valence-electron chi connectivity index (χ4n) is 3.24.